The number of nitrogens with one attached hydrogen (secondary N) is 3. The van der Waals surface area contributed by atoms with E-state index >= 15 is 0 Å². The van der Waals surface area contributed by atoms with Gasteiger partial charge in [-0.3, -0.25) is 4.79 Å². The SMILES string of the molecule is Cc1cccc(NC(=O)NCC(=O)NCC2CCN(c3ccc(F)cc3)C2)c1. The second-order valence-corrected chi connectivity index (χ2v) is 7.06. The maximum atomic E-state index is 13.0. The first kappa shape index (κ1) is 19.7. The Hall–Kier alpha value is -3.09. The summed E-state index contributed by atoms with van der Waals surface area (Å²) in [6, 6.07) is 13.5. The van der Waals surface area contributed by atoms with Gasteiger partial charge in [0, 0.05) is 31.0 Å². The van der Waals surface area contributed by atoms with Crippen LogP contribution in [0.2, 0.25) is 0 Å². The fourth-order valence-electron chi connectivity index (χ4n) is 3.27. The number of amides is 3. The normalized spacial score (nSPS) is 15.9. The van der Waals surface area contributed by atoms with E-state index in [1.54, 1.807) is 18.2 Å². The molecule has 1 aliphatic heterocycles. The summed E-state index contributed by atoms with van der Waals surface area (Å²) in [4.78, 5) is 26.1. The molecule has 0 radical (unpaired) electrons. The first-order valence-corrected chi connectivity index (χ1v) is 9.38. The summed E-state index contributed by atoms with van der Waals surface area (Å²) < 4.78 is 13.0. The molecule has 1 aliphatic rings. The standard InChI is InChI=1S/C21H25FN4O2/c1-15-3-2-4-18(11-15)25-21(28)24-13-20(27)23-12-16-9-10-26(14-16)19-7-5-17(22)6-8-19/h2-8,11,16H,9-10,12-14H2,1H3,(H,23,27)(H2,24,25,28). The highest BCUT2D eigenvalue weighted by Crippen LogP contribution is 2.23. The minimum atomic E-state index is -0.413. The van der Waals surface area contributed by atoms with Gasteiger partial charge >= 0.3 is 6.03 Å². The molecule has 3 amide bonds. The van der Waals surface area contributed by atoms with Crippen molar-refractivity contribution in [3.63, 3.8) is 0 Å². The lowest BCUT2D eigenvalue weighted by molar-refractivity contribution is -0.120. The Morgan fingerprint density at radius 1 is 1.14 bits per heavy atom. The monoisotopic (exact) mass is 384 g/mol. The van der Waals surface area contributed by atoms with Gasteiger partial charge in [-0.05, 0) is 61.2 Å². The van der Waals surface area contributed by atoms with Crippen molar-refractivity contribution in [2.45, 2.75) is 13.3 Å². The number of urea groups is 1. The molecule has 1 fully saturated rings. The number of halogens is 1. The Bertz CT molecular complexity index is 825. The van der Waals surface area contributed by atoms with Crippen molar-refractivity contribution in [2.24, 2.45) is 5.92 Å². The predicted octanol–water partition coefficient (Wildman–Crippen LogP) is 2.90. The second kappa shape index (κ2) is 9.21. The van der Waals surface area contributed by atoms with Crippen molar-refractivity contribution in [1.82, 2.24) is 10.6 Å². The molecule has 1 saturated heterocycles. The van der Waals surface area contributed by atoms with E-state index in [9.17, 15) is 14.0 Å². The van der Waals surface area contributed by atoms with Gasteiger partial charge in [0.15, 0.2) is 0 Å². The number of hydrogen-bond acceptors (Lipinski definition) is 3. The van der Waals surface area contributed by atoms with Gasteiger partial charge in [0.2, 0.25) is 5.91 Å². The summed E-state index contributed by atoms with van der Waals surface area (Å²) in [6.07, 6.45) is 0.957. The molecule has 1 unspecified atom stereocenters. The van der Waals surface area contributed by atoms with Gasteiger partial charge in [-0.2, -0.15) is 0 Å². The van der Waals surface area contributed by atoms with Crippen LogP contribution in [0.1, 0.15) is 12.0 Å². The zero-order chi connectivity index (χ0) is 19.9. The lowest BCUT2D eigenvalue weighted by Gasteiger charge is -2.19. The smallest absolute Gasteiger partial charge is 0.319 e. The van der Waals surface area contributed by atoms with Crippen molar-refractivity contribution in [2.75, 3.05) is 36.4 Å². The van der Waals surface area contributed by atoms with Crippen LogP contribution in [-0.2, 0) is 4.79 Å². The zero-order valence-electron chi connectivity index (χ0n) is 15.9. The summed E-state index contributed by atoms with van der Waals surface area (Å²) >= 11 is 0. The predicted molar refractivity (Wildman–Crippen MR) is 108 cm³/mol. The van der Waals surface area contributed by atoms with Gasteiger partial charge in [-0.15, -0.1) is 0 Å². The Morgan fingerprint density at radius 3 is 2.68 bits per heavy atom. The van der Waals surface area contributed by atoms with E-state index in [1.807, 2.05) is 25.1 Å². The van der Waals surface area contributed by atoms with Crippen LogP contribution in [0.3, 0.4) is 0 Å². The van der Waals surface area contributed by atoms with Crippen molar-refractivity contribution in [1.29, 1.82) is 0 Å². The Kier molecular flexibility index (Phi) is 6.47. The number of hydrogen-bond donors (Lipinski definition) is 3. The molecule has 1 heterocycles. The molecule has 6 nitrogen and oxygen atoms in total. The highest BCUT2D eigenvalue weighted by atomic mass is 19.1. The Labute approximate surface area is 164 Å². The van der Waals surface area contributed by atoms with Crippen LogP contribution in [0.25, 0.3) is 0 Å². The quantitative estimate of drug-likeness (QED) is 0.717. The molecular formula is C21H25FN4O2. The molecule has 7 heteroatoms. The minimum absolute atomic E-state index is 0.0773. The summed E-state index contributed by atoms with van der Waals surface area (Å²) in [5, 5.41) is 8.12. The molecule has 3 N–H and O–H groups in total. The van der Waals surface area contributed by atoms with E-state index in [2.05, 4.69) is 20.9 Å². The number of carbonyl (C=O) groups is 2. The largest absolute Gasteiger partial charge is 0.371 e. The Morgan fingerprint density at radius 2 is 1.93 bits per heavy atom. The van der Waals surface area contributed by atoms with Gasteiger partial charge < -0.3 is 20.9 Å². The summed E-state index contributed by atoms with van der Waals surface area (Å²) in [5.41, 5.74) is 2.72. The minimum Gasteiger partial charge on any atom is -0.371 e. The molecule has 2 aromatic rings. The van der Waals surface area contributed by atoms with Crippen LogP contribution >= 0.6 is 0 Å². The molecule has 28 heavy (non-hydrogen) atoms. The molecule has 0 saturated carbocycles. The number of anilines is 2. The van der Waals surface area contributed by atoms with E-state index in [-0.39, 0.29) is 18.3 Å². The van der Waals surface area contributed by atoms with Crippen molar-refractivity contribution in [3.8, 4) is 0 Å². The van der Waals surface area contributed by atoms with Crippen molar-refractivity contribution >= 4 is 23.3 Å². The fraction of sp³-hybridized carbons (Fsp3) is 0.333. The van der Waals surface area contributed by atoms with Gasteiger partial charge in [-0.1, -0.05) is 12.1 Å². The van der Waals surface area contributed by atoms with E-state index in [4.69, 9.17) is 0 Å². The molecule has 2 aromatic carbocycles. The zero-order valence-corrected chi connectivity index (χ0v) is 15.9. The Balaban J connectivity index is 1.35. The molecule has 0 spiro atoms. The number of carbonyl (C=O) groups excluding carboxylic acids is 2. The first-order valence-electron chi connectivity index (χ1n) is 9.38. The van der Waals surface area contributed by atoms with Crippen LogP contribution in [0.4, 0.5) is 20.6 Å². The van der Waals surface area contributed by atoms with Gasteiger partial charge in [0.05, 0.1) is 6.54 Å². The highest BCUT2D eigenvalue weighted by Gasteiger charge is 2.23. The van der Waals surface area contributed by atoms with Crippen LogP contribution in [0.5, 0.6) is 0 Å². The fourth-order valence-corrected chi connectivity index (χ4v) is 3.27. The van der Waals surface area contributed by atoms with Gasteiger partial charge in [-0.25, -0.2) is 9.18 Å². The van der Waals surface area contributed by atoms with Gasteiger partial charge in [0.25, 0.3) is 0 Å². The summed E-state index contributed by atoms with van der Waals surface area (Å²) in [7, 11) is 0. The molecule has 148 valence electrons. The van der Waals surface area contributed by atoms with Crippen LogP contribution in [-0.4, -0.2) is 38.1 Å². The van der Waals surface area contributed by atoms with E-state index in [0.29, 0.717) is 18.2 Å². The molecule has 0 aliphatic carbocycles. The number of nitrogens with zero attached hydrogens (tertiary/aromatic N) is 1. The second-order valence-electron chi connectivity index (χ2n) is 7.06. The van der Waals surface area contributed by atoms with Crippen LogP contribution < -0.4 is 20.9 Å². The molecule has 1 atom stereocenters. The van der Waals surface area contributed by atoms with Crippen molar-refractivity contribution < 1.29 is 14.0 Å². The van der Waals surface area contributed by atoms with Crippen LogP contribution in [0.15, 0.2) is 48.5 Å². The molecule has 3 rings (SSSR count). The number of aryl methyl sites for hydroxylation is 1. The van der Waals surface area contributed by atoms with Crippen LogP contribution in [0, 0.1) is 18.7 Å². The van der Waals surface area contributed by atoms with E-state index in [1.165, 1.54) is 12.1 Å². The highest BCUT2D eigenvalue weighted by molar-refractivity contribution is 5.92. The van der Waals surface area contributed by atoms with Gasteiger partial charge in [0.1, 0.15) is 5.82 Å². The number of benzene rings is 2. The maximum absolute atomic E-state index is 13.0. The first-order chi connectivity index (χ1) is 13.5. The average Bonchev–Trinajstić information content (AvgIpc) is 3.14. The molecular weight excluding hydrogens is 359 g/mol. The third-order valence-electron chi connectivity index (χ3n) is 4.75. The maximum Gasteiger partial charge on any atom is 0.319 e. The lowest BCUT2D eigenvalue weighted by Crippen LogP contribution is -2.40. The third kappa shape index (κ3) is 5.70. The summed E-state index contributed by atoms with van der Waals surface area (Å²) in [5.74, 6) is -0.138. The lowest BCUT2D eigenvalue weighted by atomic mass is 10.1. The summed E-state index contributed by atoms with van der Waals surface area (Å²) in [6.45, 7) is 4.11. The molecule has 0 bridgehead atoms. The number of rotatable bonds is 6. The van der Waals surface area contributed by atoms with Crippen molar-refractivity contribution in [3.05, 3.63) is 59.9 Å². The average molecular weight is 384 g/mol. The topological polar surface area (TPSA) is 73.5 Å². The van der Waals surface area contributed by atoms with E-state index in [0.717, 1.165) is 30.8 Å². The van der Waals surface area contributed by atoms with E-state index < -0.39 is 6.03 Å². The third-order valence-corrected chi connectivity index (χ3v) is 4.75. The molecule has 0 aromatic heterocycles.